The molecule has 30 heavy (non-hydrogen) atoms. The number of carboxylic acid groups (broad SMARTS) is 1. The molecule has 5 nitrogen and oxygen atoms in total. The van der Waals surface area contributed by atoms with Crippen LogP contribution in [-0.4, -0.2) is 22.7 Å². The fourth-order valence-corrected chi connectivity index (χ4v) is 3.28. The second-order valence-electron chi connectivity index (χ2n) is 7.32. The van der Waals surface area contributed by atoms with Crippen LogP contribution in [0.2, 0.25) is 0 Å². The molecule has 5 heteroatoms. The van der Waals surface area contributed by atoms with Gasteiger partial charge < -0.3 is 20.3 Å². The molecule has 0 saturated carbocycles. The molecule has 2 unspecified atom stereocenters. The van der Waals surface area contributed by atoms with Crippen LogP contribution in [0.25, 0.3) is 11.1 Å². The number of carbonyl (C=O) groups is 1. The van der Waals surface area contributed by atoms with Crippen LogP contribution in [0, 0.1) is 0 Å². The number of rotatable bonds is 9. The zero-order valence-electron chi connectivity index (χ0n) is 17.2. The first-order valence-electron chi connectivity index (χ1n) is 10.0. The highest BCUT2D eigenvalue weighted by Gasteiger charge is 2.40. The minimum absolute atomic E-state index is 0.337. The van der Waals surface area contributed by atoms with Gasteiger partial charge in [-0.1, -0.05) is 55.8 Å². The molecule has 3 N–H and O–H groups in total. The Hall–Kier alpha value is -3.31. The van der Waals surface area contributed by atoms with Gasteiger partial charge in [0.25, 0.3) is 0 Å². The zero-order valence-corrected chi connectivity index (χ0v) is 17.2. The second-order valence-corrected chi connectivity index (χ2v) is 7.32. The van der Waals surface area contributed by atoms with E-state index < -0.39 is 17.6 Å². The molecule has 0 amide bonds. The average molecular weight is 405 g/mol. The SMILES string of the molecule is CCCC(N)(C(=O)O)C(C)Oc1ccc(Oc2ccc(-c3ccccc3)cc2)cc1. The van der Waals surface area contributed by atoms with Gasteiger partial charge in [-0.15, -0.1) is 0 Å². The lowest BCUT2D eigenvalue weighted by atomic mass is 9.89. The Morgan fingerprint density at radius 1 is 0.900 bits per heavy atom. The predicted molar refractivity (Wildman–Crippen MR) is 118 cm³/mol. The van der Waals surface area contributed by atoms with Gasteiger partial charge in [0.05, 0.1) is 0 Å². The summed E-state index contributed by atoms with van der Waals surface area (Å²) in [6.45, 7) is 3.58. The predicted octanol–water partition coefficient (Wildman–Crippen LogP) is 5.50. The lowest BCUT2D eigenvalue weighted by molar-refractivity contribution is -0.147. The second kappa shape index (κ2) is 9.46. The van der Waals surface area contributed by atoms with Gasteiger partial charge in [0.15, 0.2) is 5.54 Å². The first-order chi connectivity index (χ1) is 14.4. The Kier molecular flexibility index (Phi) is 6.75. The molecule has 0 saturated heterocycles. The number of hydrogen-bond acceptors (Lipinski definition) is 4. The van der Waals surface area contributed by atoms with Crippen LogP contribution < -0.4 is 15.2 Å². The minimum Gasteiger partial charge on any atom is -0.488 e. The maximum absolute atomic E-state index is 11.6. The van der Waals surface area contributed by atoms with E-state index in [4.69, 9.17) is 15.2 Å². The molecule has 3 aromatic carbocycles. The Balaban J connectivity index is 1.64. The van der Waals surface area contributed by atoms with Gasteiger partial charge in [-0.3, -0.25) is 4.79 Å². The van der Waals surface area contributed by atoms with Crippen LogP contribution in [0.5, 0.6) is 17.2 Å². The molecule has 0 aliphatic rings. The number of nitrogens with two attached hydrogens (primary N) is 1. The van der Waals surface area contributed by atoms with E-state index in [0.717, 1.165) is 16.9 Å². The van der Waals surface area contributed by atoms with Gasteiger partial charge in [-0.05, 0) is 60.9 Å². The summed E-state index contributed by atoms with van der Waals surface area (Å²) in [4.78, 5) is 11.6. The van der Waals surface area contributed by atoms with Gasteiger partial charge in [0.2, 0.25) is 0 Å². The molecule has 0 radical (unpaired) electrons. The fraction of sp³-hybridized carbons (Fsp3) is 0.240. The third kappa shape index (κ3) is 4.99. The summed E-state index contributed by atoms with van der Waals surface area (Å²) in [7, 11) is 0. The summed E-state index contributed by atoms with van der Waals surface area (Å²) in [6, 6.07) is 25.1. The van der Waals surface area contributed by atoms with E-state index in [2.05, 4.69) is 12.1 Å². The topological polar surface area (TPSA) is 81.8 Å². The van der Waals surface area contributed by atoms with Crippen molar-refractivity contribution < 1.29 is 19.4 Å². The lowest BCUT2D eigenvalue weighted by Gasteiger charge is -2.31. The monoisotopic (exact) mass is 405 g/mol. The van der Waals surface area contributed by atoms with Crippen molar-refractivity contribution in [1.82, 2.24) is 0 Å². The van der Waals surface area contributed by atoms with E-state index >= 15 is 0 Å². The molecular formula is C25H27NO4. The number of aliphatic carboxylic acids is 1. The standard InChI is InChI=1S/C25H27NO4/c1-3-17-25(26,24(27)28)18(2)29-21-13-15-23(16-14-21)30-22-11-9-20(10-12-22)19-7-5-4-6-8-19/h4-16,18H,3,17,26H2,1-2H3,(H,27,28). The summed E-state index contributed by atoms with van der Waals surface area (Å²) in [5.41, 5.74) is 6.93. The van der Waals surface area contributed by atoms with Crippen LogP contribution in [0.3, 0.4) is 0 Å². The van der Waals surface area contributed by atoms with Crippen LogP contribution in [0.4, 0.5) is 0 Å². The minimum atomic E-state index is -1.43. The van der Waals surface area contributed by atoms with Gasteiger partial charge in [0, 0.05) is 0 Å². The van der Waals surface area contributed by atoms with Gasteiger partial charge in [-0.2, -0.15) is 0 Å². The number of hydrogen-bond donors (Lipinski definition) is 2. The van der Waals surface area contributed by atoms with Crippen molar-refractivity contribution in [2.45, 2.75) is 38.3 Å². The van der Waals surface area contributed by atoms with Gasteiger partial charge in [0.1, 0.15) is 23.4 Å². The van der Waals surface area contributed by atoms with Crippen molar-refractivity contribution >= 4 is 5.97 Å². The third-order valence-electron chi connectivity index (χ3n) is 5.12. The van der Waals surface area contributed by atoms with Crippen molar-refractivity contribution in [3.05, 3.63) is 78.9 Å². The quantitative estimate of drug-likeness (QED) is 0.491. The molecule has 3 aromatic rings. The van der Waals surface area contributed by atoms with E-state index in [-0.39, 0.29) is 0 Å². The average Bonchev–Trinajstić information content (AvgIpc) is 2.76. The van der Waals surface area contributed by atoms with Crippen LogP contribution in [0.15, 0.2) is 78.9 Å². The van der Waals surface area contributed by atoms with Gasteiger partial charge >= 0.3 is 5.97 Å². The molecule has 2 atom stereocenters. The molecule has 0 fully saturated rings. The molecule has 0 spiro atoms. The van der Waals surface area contributed by atoms with Crippen molar-refractivity contribution in [2.24, 2.45) is 5.73 Å². The van der Waals surface area contributed by atoms with E-state index in [0.29, 0.717) is 24.3 Å². The molecule has 0 aliphatic heterocycles. The van der Waals surface area contributed by atoms with Crippen LogP contribution in [-0.2, 0) is 4.79 Å². The summed E-state index contributed by atoms with van der Waals surface area (Å²) < 4.78 is 11.7. The first kappa shape index (κ1) is 21.4. The van der Waals surface area contributed by atoms with Crippen molar-refractivity contribution in [3.8, 4) is 28.4 Å². The first-order valence-corrected chi connectivity index (χ1v) is 10.0. The molecule has 0 aromatic heterocycles. The largest absolute Gasteiger partial charge is 0.488 e. The zero-order chi connectivity index (χ0) is 21.6. The summed E-state index contributed by atoms with van der Waals surface area (Å²) in [5.74, 6) is 0.872. The molecule has 156 valence electrons. The third-order valence-corrected chi connectivity index (χ3v) is 5.12. The Morgan fingerprint density at radius 2 is 1.40 bits per heavy atom. The van der Waals surface area contributed by atoms with Crippen molar-refractivity contribution in [2.75, 3.05) is 0 Å². The Bertz CT molecular complexity index is 955. The van der Waals surface area contributed by atoms with E-state index in [1.807, 2.05) is 49.4 Å². The number of ether oxygens (including phenoxy) is 2. The summed E-state index contributed by atoms with van der Waals surface area (Å²) in [6.07, 6.45) is 0.322. The van der Waals surface area contributed by atoms with E-state index in [1.165, 1.54) is 0 Å². The molecule has 3 rings (SSSR count). The maximum Gasteiger partial charge on any atom is 0.327 e. The number of benzene rings is 3. The van der Waals surface area contributed by atoms with E-state index in [1.54, 1.807) is 31.2 Å². The number of carboxylic acids is 1. The summed E-state index contributed by atoms with van der Waals surface area (Å²) in [5, 5.41) is 9.49. The molecule has 0 heterocycles. The maximum atomic E-state index is 11.6. The van der Waals surface area contributed by atoms with Crippen LogP contribution in [0.1, 0.15) is 26.7 Å². The summed E-state index contributed by atoms with van der Waals surface area (Å²) >= 11 is 0. The van der Waals surface area contributed by atoms with Crippen LogP contribution >= 0.6 is 0 Å². The highest BCUT2D eigenvalue weighted by Crippen LogP contribution is 2.28. The highest BCUT2D eigenvalue weighted by molar-refractivity contribution is 5.79. The Morgan fingerprint density at radius 3 is 1.93 bits per heavy atom. The van der Waals surface area contributed by atoms with Crippen molar-refractivity contribution in [1.29, 1.82) is 0 Å². The smallest absolute Gasteiger partial charge is 0.327 e. The molecular weight excluding hydrogens is 378 g/mol. The normalized spacial score (nSPS) is 13.8. The van der Waals surface area contributed by atoms with E-state index in [9.17, 15) is 9.90 Å². The molecule has 0 aliphatic carbocycles. The highest BCUT2D eigenvalue weighted by atomic mass is 16.5. The molecule has 0 bridgehead atoms. The Labute approximate surface area is 177 Å². The fourth-order valence-electron chi connectivity index (χ4n) is 3.28. The van der Waals surface area contributed by atoms with Gasteiger partial charge in [-0.25, -0.2) is 0 Å². The lowest BCUT2D eigenvalue weighted by Crippen LogP contribution is -2.58. The van der Waals surface area contributed by atoms with Crippen molar-refractivity contribution in [3.63, 3.8) is 0 Å².